The molecule has 0 radical (unpaired) electrons. The SMILES string of the molecule is CCC(C[n+]1ccc2c(c1)C(=O)c1cc[n+](CC(CC)OC)cc1C2=O)OC. The summed E-state index contributed by atoms with van der Waals surface area (Å²) in [5.41, 5.74) is 1.81. The molecule has 0 amide bonds. The zero-order valence-corrected chi connectivity index (χ0v) is 17.0. The highest BCUT2D eigenvalue weighted by atomic mass is 16.5. The van der Waals surface area contributed by atoms with Crippen LogP contribution in [0.5, 0.6) is 0 Å². The third-order valence-corrected chi connectivity index (χ3v) is 5.42. The third kappa shape index (κ3) is 3.88. The van der Waals surface area contributed by atoms with Crippen LogP contribution in [0.3, 0.4) is 0 Å². The lowest BCUT2D eigenvalue weighted by Gasteiger charge is -2.16. The number of aromatic nitrogens is 2. The van der Waals surface area contributed by atoms with Gasteiger partial charge in [0, 0.05) is 37.5 Å². The van der Waals surface area contributed by atoms with Crippen molar-refractivity contribution in [2.45, 2.75) is 52.0 Å². The standard InChI is InChI=1S/C22H28N2O4/c1-5-15(27-3)11-23-9-7-17-19(13-23)21(25)18-8-10-24(12-16(6-2)28-4)14-20(18)22(17)26/h7-10,13-16H,5-6,11-12H2,1-4H3/q+2. The molecule has 1 aliphatic rings. The fraction of sp³-hybridized carbons (Fsp3) is 0.455. The van der Waals surface area contributed by atoms with Crippen molar-refractivity contribution in [3.05, 3.63) is 59.2 Å². The Labute approximate surface area is 165 Å². The van der Waals surface area contributed by atoms with Gasteiger partial charge in [-0.3, -0.25) is 9.59 Å². The fourth-order valence-corrected chi connectivity index (χ4v) is 3.56. The number of nitrogens with zero attached hydrogens (tertiary/aromatic N) is 2. The van der Waals surface area contributed by atoms with Gasteiger partial charge in [0.05, 0.1) is 11.1 Å². The predicted octanol–water partition coefficient (Wildman–Crippen LogP) is 1.89. The maximum absolute atomic E-state index is 13.0. The minimum absolute atomic E-state index is 0.0657. The van der Waals surface area contributed by atoms with Gasteiger partial charge in [0.2, 0.25) is 11.6 Å². The van der Waals surface area contributed by atoms with E-state index >= 15 is 0 Å². The molecule has 28 heavy (non-hydrogen) atoms. The Bertz CT molecular complexity index is 813. The Hall–Kier alpha value is -2.44. The topological polar surface area (TPSA) is 60.4 Å². The molecule has 0 N–H and O–H groups in total. The molecule has 0 aliphatic heterocycles. The van der Waals surface area contributed by atoms with Gasteiger partial charge in [-0.1, -0.05) is 13.8 Å². The van der Waals surface area contributed by atoms with Crippen LogP contribution < -0.4 is 9.13 Å². The zero-order valence-electron chi connectivity index (χ0n) is 17.0. The van der Waals surface area contributed by atoms with Crippen molar-refractivity contribution in [3.8, 4) is 0 Å². The van der Waals surface area contributed by atoms with Gasteiger partial charge in [-0.15, -0.1) is 0 Å². The minimum atomic E-state index is -0.115. The number of hydrogen-bond donors (Lipinski definition) is 0. The number of rotatable bonds is 8. The molecule has 0 aromatic carbocycles. The van der Waals surface area contributed by atoms with E-state index in [2.05, 4.69) is 13.8 Å². The second kappa shape index (κ2) is 8.71. The van der Waals surface area contributed by atoms with Crippen LogP contribution in [0.15, 0.2) is 36.9 Å². The second-order valence-corrected chi connectivity index (χ2v) is 7.13. The van der Waals surface area contributed by atoms with E-state index in [1.54, 1.807) is 38.7 Å². The molecule has 0 spiro atoms. The molecule has 2 aromatic rings. The van der Waals surface area contributed by atoms with Crippen molar-refractivity contribution in [1.82, 2.24) is 0 Å². The molecule has 6 nitrogen and oxygen atoms in total. The Morgan fingerprint density at radius 2 is 1.14 bits per heavy atom. The summed E-state index contributed by atoms with van der Waals surface area (Å²) in [5, 5.41) is 0. The summed E-state index contributed by atoms with van der Waals surface area (Å²) < 4.78 is 14.7. The molecule has 2 aromatic heterocycles. The molecule has 0 saturated carbocycles. The molecule has 2 atom stereocenters. The average molecular weight is 384 g/mol. The van der Waals surface area contributed by atoms with Crippen molar-refractivity contribution in [2.75, 3.05) is 14.2 Å². The van der Waals surface area contributed by atoms with Crippen LogP contribution in [0.2, 0.25) is 0 Å². The van der Waals surface area contributed by atoms with Gasteiger partial charge in [0.15, 0.2) is 37.9 Å². The number of pyridine rings is 2. The summed E-state index contributed by atoms with van der Waals surface area (Å²) in [5.74, 6) is -0.231. The van der Waals surface area contributed by atoms with E-state index in [9.17, 15) is 9.59 Å². The largest absolute Gasteiger partial charge is 0.375 e. The summed E-state index contributed by atoms with van der Waals surface area (Å²) in [4.78, 5) is 26.1. The van der Waals surface area contributed by atoms with Crippen molar-refractivity contribution < 1.29 is 28.2 Å². The van der Waals surface area contributed by atoms with Crippen LogP contribution >= 0.6 is 0 Å². The molecular weight excluding hydrogens is 356 g/mol. The lowest BCUT2D eigenvalue weighted by atomic mass is 9.86. The summed E-state index contributed by atoms with van der Waals surface area (Å²) in [6, 6.07) is 3.48. The van der Waals surface area contributed by atoms with Crippen LogP contribution in [0.4, 0.5) is 0 Å². The highest BCUT2D eigenvalue weighted by Crippen LogP contribution is 2.25. The van der Waals surface area contributed by atoms with Gasteiger partial charge < -0.3 is 9.47 Å². The van der Waals surface area contributed by atoms with Crippen molar-refractivity contribution in [2.24, 2.45) is 0 Å². The zero-order chi connectivity index (χ0) is 20.3. The van der Waals surface area contributed by atoms with Crippen LogP contribution in [0.25, 0.3) is 0 Å². The molecular formula is C22H28N2O4+2. The molecule has 2 unspecified atom stereocenters. The smallest absolute Gasteiger partial charge is 0.200 e. The molecule has 0 fully saturated rings. The molecule has 1 aliphatic carbocycles. The molecule has 0 saturated heterocycles. The summed E-state index contributed by atoms with van der Waals surface area (Å²) in [6.45, 7) is 5.39. The first-order valence-corrected chi connectivity index (χ1v) is 9.73. The number of ether oxygens (including phenoxy) is 2. The van der Waals surface area contributed by atoms with Gasteiger partial charge >= 0.3 is 0 Å². The van der Waals surface area contributed by atoms with E-state index in [0.29, 0.717) is 35.3 Å². The number of carbonyl (C=O) groups is 2. The summed E-state index contributed by atoms with van der Waals surface area (Å²) >= 11 is 0. The van der Waals surface area contributed by atoms with Crippen LogP contribution in [0.1, 0.15) is 58.5 Å². The van der Waals surface area contributed by atoms with Gasteiger partial charge in [0.1, 0.15) is 12.2 Å². The van der Waals surface area contributed by atoms with E-state index in [1.807, 2.05) is 21.5 Å². The first-order chi connectivity index (χ1) is 13.5. The number of methoxy groups -OCH3 is 2. The molecule has 148 valence electrons. The fourth-order valence-electron chi connectivity index (χ4n) is 3.56. The molecule has 3 rings (SSSR count). The number of carbonyl (C=O) groups excluding carboxylic acids is 2. The molecule has 0 bridgehead atoms. The number of hydrogen-bond acceptors (Lipinski definition) is 4. The average Bonchev–Trinajstić information content (AvgIpc) is 2.73. The van der Waals surface area contributed by atoms with Crippen molar-refractivity contribution >= 4 is 11.6 Å². The highest BCUT2D eigenvalue weighted by Gasteiger charge is 2.34. The number of ketones is 2. The van der Waals surface area contributed by atoms with E-state index in [-0.39, 0.29) is 23.8 Å². The first-order valence-electron chi connectivity index (χ1n) is 9.73. The summed E-state index contributed by atoms with van der Waals surface area (Å²) in [6.07, 6.45) is 9.08. The van der Waals surface area contributed by atoms with E-state index in [1.165, 1.54) is 0 Å². The van der Waals surface area contributed by atoms with Crippen LogP contribution in [-0.2, 0) is 22.6 Å². The van der Waals surface area contributed by atoms with E-state index in [0.717, 1.165) is 12.8 Å². The predicted molar refractivity (Wildman–Crippen MR) is 102 cm³/mol. The normalized spacial score (nSPS) is 15.1. The maximum atomic E-state index is 13.0. The third-order valence-electron chi connectivity index (χ3n) is 5.42. The number of fused-ring (bicyclic) bond motifs is 2. The Balaban J connectivity index is 1.93. The quantitative estimate of drug-likeness (QED) is 0.557. The Kier molecular flexibility index (Phi) is 6.31. The van der Waals surface area contributed by atoms with Crippen molar-refractivity contribution in [3.63, 3.8) is 0 Å². The van der Waals surface area contributed by atoms with Gasteiger partial charge in [-0.25, -0.2) is 9.13 Å². The minimum Gasteiger partial charge on any atom is -0.375 e. The monoisotopic (exact) mass is 384 g/mol. The molecule has 6 heteroatoms. The van der Waals surface area contributed by atoms with E-state index in [4.69, 9.17) is 9.47 Å². The Morgan fingerprint density at radius 1 is 0.750 bits per heavy atom. The van der Waals surface area contributed by atoms with Gasteiger partial charge in [-0.05, 0) is 12.8 Å². The van der Waals surface area contributed by atoms with Crippen LogP contribution in [-0.4, -0.2) is 38.0 Å². The summed E-state index contributed by atoms with van der Waals surface area (Å²) in [7, 11) is 3.36. The Morgan fingerprint density at radius 3 is 1.46 bits per heavy atom. The van der Waals surface area contributed by atoms with E-state index < -0.39 is 0 Å². The van der Waals surface area contributed by atoms with Gasteiger partial charge in [0.25, 0.3) is 0 Å². The maximum Gasteiger partial charge on any atom is 0.200 e. The first kappa shape index (κ1) is 20.3. The lowest BCUT2D eigenvalue weighted by Crippen LogP contribution is -2.43. The highest BCUT2D eigenvalue weighted by molar-refractivity contribution is 6.27. The van der Waals surface area contributed by atoms with Gasteiger partial charge in [-0.2, -0.15) is 0 Å². The van der Waals surface area contributed by atoms with Crippen LogP contribution in [0, 0.1) is 0 Å². The second-order valence-electron chi connectivity index (χ2n) is 7.13. The lowest BCUT2D eigenvalue weighted by molar-refractivity contribution is -0.704. The molecule has 2 heterocycles. The van der Waals surface area contributed by atoms with Crippen molar-refractivity contribution in [1.29, 1.82) is 0 Å².